The molecule has 2 aromatic carbocycles. The molecular formula is C18H18N4O4. The lowest BCUT2D eigenvalue weighted by molar-refractivity contribution is 0.373. The van der Waals surface area contributed by atoms with Gasteiger partial charge in [0.15, 0.2) is 23.0 Å². The van der Waals surface area contributed by atoms with E-state index < -0.39 is 0 Å². The third-order valence-corrected chi connectivity index (χ3v) is 3.57. The molecule has 4 N–H and O–H groups in total. The number of phenolic OH excluding ortho intramolecular Hbond substituents is 2. The average molecular weight is 354 g/mol. The van der Waals surface area contributed by atoms with Gasteiger partial charge in [-0.05, 0) is 24.3 Å². The zero-order chi connectivity index (χ0) is 18.5. The van der Waals surface area contributed by atoms with Gasteiger partial charge < -0.3 is 30.3 Å². The fraction of sp³-hybridized carbons (Fsp3) is 0.111. The van der Waals surface area contributed by atoms with Gasteiger partial charge in [0.1, 0.15) is 18.0 Å². The largest absolute Gasteiger partial charge is 0.504 e. The van der Waals surface area contributed by atoms with Crippen LogP contribution in [0.5, 0.6) is 23.0 Å². The zero-order valence-electron chi connectivity index (χ0n) is 14.2. The summed E-state index contributed by atoms with van der Waals surface area (Å²) in [4.78, 5) is 8.30. The van der Waals surface area contributed by atoms with Crippen molar-refractivity contribution in [1.82, 2.24) is 9.97 Å². The van der Waals surface area contributed by atoms with Crippen LogP contribution in [0.25, 0.3) is 0 Å². The van der Waals surface area contributed by atoms with Crippen LogP contribution in [0, 0.1) is 0 Å². The van der Waals surface area contributed by atoms with Gasteiger partial charge in [0.05, 0.1) is 14.2 Å². The lowest BCUT2D eigenvalue weighted by Gasteiger charge is -2.11. The van der Waals surface area contributed by atoms with Crippen molar-refractivity contribution in [2.75, 3.05) is 24.9 Å². The summed E-state index contributed by atoms with van der Waals surface area (Å²) in [5.41, 5.74) is 1.30. The summed E-state index contributed by atoms with van der Waals surface area (Å²) >= 11 is 0. The summed E-state index contributed by atoms with van der Waals surface area (Å²) in [5, 5.41) is 25.8. The Morgan fingerprint density at radius 1 is 0.731 bits per heavy atom. The fourth-order valence-electron chi connectivity index (χ4n) is 2.33. The van der Waals surface area contributed by atoms with E-state index in [1.807, 2.05) is 0 Å². The summed E-state index contributed by atoms with van der Waals surface area (Å²) in [7, 11) is 2.98. The third-order valence-electron chi connectivity index (χ3n) is 3.57. The second-order valence-electron chi connectivity index (χ2n) is 5.31. The highest BCUT2D eigenvalue weighted by Crippen LogP contribution is 2.31. The number of benzene rings is 2. The number of rotatable bonds is 6. The Morgan fingerprint density at radius 3 is 1.58 bits per heavy atom. The van der Waals surface area contributed by atoms with E-state index >= 15 is 0 Å². The van der Waals surface area contributed by atoms with Crippen LogP contribution in [0.2, 0.25) is 0 Å². The Kier molecular flexibility index (Phi) is 4.93. The molecule has 0 fully saturated rings. The molecule has 3 aromatic rings. The highest BCUT2D eigenvalue weighted by Gasteiger charge is 2.06. The second kappa shape index (κ2) is 7.47. The normalized spacial score (nSPS) is 10.2. The summed E-state index contributed by atoms with van der Waals surface area (Å²) < 4.78 is 10.0. The molecule has 26 heavy (non-hydrogen) atoms. The molecule has 8 heteroatoms. The first-order valence-electron chi connectivity index (χ1n) is 7.69. The van der Waals surface area contributed by atoms with E-state index in [2.05, 4.69) is 20.6 Å². The number of methoxy groups -OCH3 is 2. The van der Waals surface area contributed by atoms with Gasteiger partial charge in [-0.3, -0.25) is 0 Å². The van der Waals surface area contributed by atoms with Crippen molar-refractivity contribution in [2.45, 2.75) is 0 Å². The van der Waals surface area contributed by atoms with Gasteiger partial charge in [0, 0.05) is 29.6 Å². The highest BCUT2D eigenvalue weighted by molar-refractivity contribution is 5.66. The first kappa shape index (κ1) is 17.2. The molecule has 0 radical (unpaired) electrons. The number of hydrogen-bond donors (Lipinski definition) is 4. The van der Waals surface area contributed by atoms with E-state index in [4.69, 9.17) is 9.47 Å². The molecule has 0 amide bonds. The molecule has 0 spiro atoms. The Bertz CT molecular complexity index is 847. The molecule has 8 nitrogen and oxygen atoms in total. The smallest absolute Gasteiger partial charge is 0.160 e. The van der Waals surface area contributed by atoms with E-state index in [1.54, 1.807) is 30.3 Å². The predicted octanol–water partition coefficient (Wildman–Crippen LogP) is 3.39. The van der Waals surface area contributed by atoms with Gasteiger partial charge in [0.2, 0.25) is 0 Å². The maximum Gasteiger partial charge on any atom is 0.160 e. The van der Waals surface area contributed by atoms with Crippen LogP contribution >= 0.6 is 0 Å². The zero-order valence-corrected chi connectivity index (χ0v) is 14.2. The number of nitrogens with zero attached hydrogens (tertiary/aromatic N) is 2. The van der Waals surface area contributed by atoms with Gasteiger partial charge in [-0.1, -0.05) is 0 Å². The number of ether oxygens (including phenoxy) is 2. The van der Waals surface area contributed by atoms with Crippen LogP contribution in [0.3, 0.4) is 0 Å². The lowest BCUT2D eigenvalue weighted by Crippen LogP contribution is -1.98. The van der Waals surface area contributed by atoms with Crippen molar-refractivity contribution in [3.63, 3.8) is 0 Å². The topological polar surface area (TPSA) is 109 Å². The number of hydrogen-bond acceptors (Lipinski definition) is 8. The van der Waals surface area contributed by atoms with E-state index in [1.165, 1.54) is 32.7 Å². The van der Waals surface area contributed by atoms with E-state index in [0.29, 0.717) is 34.5 Å². The third kappa shape index (κ3) is 3.86. The summed E-state index contributed by atoms with van der Waals surface area (Å²) in [5.74, 6) is 1.90. The monoisotopic (exact) mass is 354 g/mol. The van der Waals surface area contributed by atoms with Gasteiger partial charge in [-0.25, -0.2) is 9.97 Å². The molecule has 0 aliphatic heterocycles. The first-order chi connectivity index (χ1) is 12.6. The van der Waals surface area contributed by atoms with E-state index in [9.17, 15) is 10.2 Å². The van der Waals surface area contributed by atoms with Crippen molar-refractivity contribution >= 4 is 23.0 Å². The quantitative estimate of drug-likeness (QED) is 0.533. The van der Waals surface area contributed by atoms with Crippen molar-refractivity contribution < 1.29 is 19.7 Å². The molecule has 0 saturated heterocycles. The molecule has 0 aliphatic carbocycles. The summed E-state index contributed by atoms with van der Waals surface area (Å²) in [6.07, 6.45) is 1.40. The van der Waals surface area contributed by atoms with Gasteiger partial charge >= 0.3 is 0 Å². The number of aromatic hydroxyl groups is 2. The predicted molar refractivity (Wildman–Crippen MR) is 97.9 cm³/mol. The fourth-order valence-corrected chi connectivity index (χ4v) is 2.33. The minimum absolute atomic E-state index is 0.0265. The standard InChI is InChI=1S/C18H18N4O4/c1-25-15-5-3-11(7-13(15)23)21-17-9-18(20-10-19-17)22-12-4-6-16(26-2)14(24)8-12/h3-10,23-24H,1-2H3,(H2,19,20,21,22). The first-order valence-corrected chi connectivity index (χ1v) is 7.69. The minimum atomic E-state index is 0.0265. The maximum absolute atomic E-state index is 9.84. The highest BCUT2D eigenvalue weighted by atomic mass is 16.5. The second-order valence-corrected chi connectivity index (χ2v) is 5.31. The van der Waals surface area contributed by atoms with Crippen molar-refractivity contribution in [3.8, 4) is 23.0 Å². The van der Waals surface area contributed by atoms with Crippen molar-refractivity contribution in [3.05, 3.63) is 48.8 Å². The van der Waals surface area contributed by atoms with Crippen molar-refractivity contribution in [1.29, 1.82) is 0 Å². The molecule has 0 saturated carbocycles. The van der Waals surface area contributed by atoms with Crippen LogP contribution in [-0.2, 0) is 0 Å². The molecule has 134 valence electrons. The van der Waals surface area contributed by atoms with Crippen LogP contribution < -0.4 is 20.1 Å². The summed E-state index contributed by atoms with van der Waals surface area (Å²) in [6, 6.07) is 11.6. The Hall–Kier alpha value is -3.68. The number of aromatic nitrogens is 2. The number of phenols is 2. The van der Waals surface area contributed by atoms with Crippen molar-refractivity contribution in [2.24, 2.45) is 0 Å². The van der Waals surface area contributed by atoms with Gasteiger partial charge in [-0.2, -0.15) is 0 Å². The van der Waals surface area contributed by atoms with Crippen LogP contribution in [0.15, 0.2) is 48.8 Å². The van der Waals surface area contributed by atoms with Crippen LogP contribution in [-0.4, -0.2) is 34.4 Å². The van der Waals surface area contributed by atoms with Gasteiger partial charge in [0.25, 0.3) is 0 Å². The molecule has 0 aliphatic rings. The maximum atomic E-state index is 9.84. The molecular weight excluding hydrogens is 336 g/mol. The Labute approximate surface area is 150 Å². The van der Waals surface area contributed by atoms with E-state index in [-0.39, 0.29) is 11.5 Å². The molecule has 0 atom stereocenters. The average Bonchev–Trinajstić information content (AvgIpc) is 2.62. The number of anilines is 4. The Morgan fingerprint density at radius 2 is 1.19 bits per heavy atom. The molecule has 0 unspecified atom stereocenters. The number of nitrogens with one attached hydrogen (secondary N) is 2. The SMILES string of the molecule is COc1ccc(Nc2cc(Nc3ccc(OC)c(O)c3)ncn2)cc1O. The lowest BCUT2D eigenvalue weighted by atomic mass is 10.2. The minimum Gasteiger partial charge on any atom is -0.504 e. The van der Waals surface area contributed by atoms with E-state index in [0.717, 1.165) is 0 Å². The molecule has 3 rings (SSSR count). The summed E-state index contributed by atoms with van der Waals surface area (Å²) in [6.45, 7) is 0. The van der Waals surface area contributed by atoms with Crippen LogP contribution in [0.1, 0.15) is 0 Å². The molecule has 1 aromatic heterocycles. The van der Waals surface area contributed by atoms with Crippen LogP contribution in [0.4, 0.5) is 23.0 Å². The molecule has 1 heterocycles. The Balaban J connectivity index is 1.76. The van der Waals surface area contributed by atoms with Gasteiger partial charge in [-0.15, -0.1) is 0 Å². The molecule has 0 bridgehead atoms.